The molecule has 0 radical (unpaired) electrons. The number of ether oxygens (including phenoxy) is 1. The van der Waals surface area contributed by atoms with Crippen molar-refractivity contribution in [1.29, 1.82) is 0 Å². The lowest BCUT2D eigenvalue weighted by atomic mass is 9.94. The molecule has 30 heavy (non-hydrogen) atoms. The van der Waals surface area contributed by atoms with Crippen LogP contribution in [0.5, 0.6) is 0 Å². The van der Waals surface area contributed by atoms with Crippen molar-refractivity contribution in [3.63, 3.8) is 0 Å². The Balaban J connectivity index is 1.25. The highest BCUT2D eigenvalue weighted by atomic mass is 19.3. The molecule has 3 aliphatic carbocycles. The second-order valence-corrected chi connectivity index (χ2v) is 8.40. The first kappa shape index (κ1) is 19.0. The molecule has 3 atom stereocenters. The molecule has 3 aliphatic rings. The Morgan fingerprint density at radius 3 is 2.10 bits per heavy atom. The molecule has 0 spiro atoms. The summed E-state index contributed by atoms with van der Waals surface area (Å²) in [5.41, 5.74) is 4.30. The summed E-state index contributed by atoms with van der Waals surface area (Å²) in [5.74, 6) is -6.05. The van der Waals surface area contributed by atoms with Gasteiger partial charge >= 0.3 is 12.1 Å². The fraction of sp³-hybridized carbons (Fsp3) is 0.391. The first-order valence-corrected chi connectivity index (χ1v) is 10.1. The van der Waals surface area contributed by atoms with E-state index in [1.54, 1.807) is 0 Å². The van der Waals surface area contributed by atoms with Gasteiger partial charge in [0, 0.05) is 17.8 Å². The van der Waals surface area contributed by atoms with Gasteiger partial charge in [0.2, 0.25) is 0 Å². The van der Waals surface area contributed by atoms with Gasteiger partial charge in [-0.15, -0.1) is 0 Å². The number of fused-ring (bicyclic) bond motifs is 4. The van der Waals surface area contributed by atoms with Gasteiger partial charge in [-0.25, -0.2) is 18.4 Å². The number of benzene rings is 2. The molecule has 3 unspecified atom stereocenters. The summed E-state index contributed by atoms with van der Waals surface area (Å²) in [6.45, 7) is 0.0696. The van der Waals surface area contributed by atoms with E-state index >= 15 is 0 Å². The molecule has 156 valence electrons. The molecule has 0 heterocycles. The summed E-state index contributed by atoms with van der Waals surface area (Å²) in [4.78, 5) is 24.0. The van der Waals surface area contributed by atoms with Gasteiger partial charge in [-0.3, -0.25) is 0 Å². The van der Waals surface area contributed by atoms with Gasteiger partial charge in [-0.05, 0) is 41.0 Å². The van der Waals surface area contributed by atoms with Crippen molar-refractivity contribution in [1.82, 2.24) is 5.32 Å². The summed E-state index contributed by atoms with van der Waals surface area (Å²) < 4.78 is 32.2. The van der Waals surface area contributed by atoms with E-state index < -0.39 is 41.8 Å². The predicted molar refractivity (Wildman–Crippen MR) is 104 cm³/mol. The van der Waals surface area contributed by atoms with Crippen LogP contribution in [0.25, 0.3) is 11.1 Å². The monoisotopic (exact) mass is 413 g/mol. The Hall–Kier alpha value is -2.96. The normalized spacial score (nSPS) is 26.3. The molecule has 2 fully saturated rings. The van der Waals surface area contributed by atoms with E-state index in [4.69, 9.17) is 4.74 Å². The van der Waals surface area contributed by atoms with Crippen LogP contribution in [-0.4, -0.2) is 35.7 Å². The Bertz CT molecular complexity index is 964. The topological polar surface area (TPSA) is 75.6 Å². The molecule has 2 N–H and O–H groups in total. The smallest absolute Gasteiger partial charge is 0.407 e. The Kier molecular flexibility index (Phi) is 4.31. The number of carboxylic acids is 1. The Labute approximate surface area is 172 Å². The molecule has 5 nitrogen and oxygen atoms in total. The first-order valence-electron chi connectivity index (χ1n) is 10.1. The van der Waals surface area contributed by atoms with Crippen LogP contribution in [0.4, 0.5) is 13.6 Å². The highest BCUT2D eigenvalue weighted by molar-refractivity contribution is 5.81. The average Bonchev–Trinajstić information content (AvgIpc) is 3.10. The van der Waals surface area contributed by atoms with E-state index in [1.807, 2.05) is 48.5 Å². The quantitative estimate of drug-likeness (QED) is 0.768. The summed E-state index contributed by atoms with van der Waals surface area (Å²) in [6.07, 6.45) is -0.618. The van der Waals surface area contributed by atoms with Crippen LogP contribution >= 0.6 is 0 Å². The molecule has 0 saturated heterocycles. The van der Waals surface area contributed by atoms with Crippen LogP contribution in [0.1, 0.15) is 29.9 Å². The number of amides is 1. The number of aliphatic carboxylic acids is 1. The SMILES string of the molecule is O=C(NC(C(=O)O)C1CC2C(C1)C2(F)F)OCC1c2ccccc2-c2ccccc21. The second kappa shape index (κ2) is 6.79. The minimum atomic E-state index is -2.68. The van der Waals surface area contributed by atoms with Crippen molar-refractivity contribution in [3.05, 3.63) is 59.7 Å². The van der Waals surface area contributed by atoms with Crippen LogP contribution in [0.15, 0.2) is 48.5 Å². The maximum Gasteiger partial charge on any atom is 0.407 e. The third-order valence-electron chi connectivity index (χ3n) is 6.83. The van der Waals surface area contributed by atoms with Gasteiger partial charge < -0.3 is 15.2 Å². The fourth-order valence-corrected chi connectivity index (χ4v) is 5.27. The molecule has 7 heteroatoms. The van der Waals surface area contributed by atoms with E-state index in [0.717, 1.165) is 22.3 Å². The lowest BCUT2D eigenvalue weighted by Gasteiger charge is -2.23. The minimum absolute atomic E-state index is 0.0696. The molecule has 1 amide bonds. The number of alkyl carbamates (subject to hydrolysis) is 1. The van der Waals surface area contributed by atoms with E-state index in [1.165, 1.54) is 0 Å². The van der Waals surface area contributed by atoms with Crippen molar-refractivity contribution >= 4 is 12.1 Å². The van der Waals surface area contributed by atoms with Crippen LogP contribution in [0.2, 0.25) is 0 Å². The molecule has 0 aliphatic heterocycles. The molecule has 0 bridgehead atoms. The van der Waals surface area contributed by atoms with Crippen LogP contribution in [0.3, 0.4) is 0 Å². The third kappa shape index (κ3) is 2.95. The zero-order valence-electron chi connectivity index (χ0n) is 16.1. The van der Waals surface area contributed by atoms with E-state index in [9.17, 15) is 23.5 Å². The molecule has 2 saturated carbocycles. The van der Waals surface area contributed by atoms with E-state index in [0.29, 0.717) is 0 Å². The highest BCUT2D eigenvalue weighted by Crippen LogP contribution is 2.66. The van der Waals surface area contributed by atoms with Crippen LogP contribution in [0, 0.1) is 17.8 Å². The third-order valence-corrected chi connectivity index (χ3v) is 6.83. The lowest BCUT2D eigenvalue weighted by Crippen LogP contribution is -2.46. The predicted octanol–water partition coefficient (Wildman–Crippen LogP) is 4.27. The maximum absolute atomic E-state index is 13.4. The number of carbonyl (C=O) groups excluding carboxylic acids is 1. The Morgan fingerprint density at radius 1 is 1.03 bits per heavy atom. The number of halogens is 2. The van der Waals surface area contributed by atoms with E-state index in [-0.39, 0.29) is 25.4 Å². The number of hydrogen-bond acceptors (Lipinski definition) is 3. The molecule has 2 aromatic rings. The molecular weight excluding hydrogens is 392 g/mol. The minimum Gasteiger partial charge on any atom is -0.480 e. The molecule has 5 rings (SSSR count). The zero-order valence-corrected chi connectivity index (χ0v) is 16.1. The van der Waals surface area contributed by atoms with Crippen molar-refractivity contribution in [2.75, 3.05) is 6.61 Å². The van der Waals surface area contributed by atoms with Gasteiger partial charge in [0.25, 0.3) is 5.92 Å². The summed E-state index contributed by atoms with van der Waals surface area (Å²) in [7, 11) is 0. The number of alkyl halides is 2. The largest absolute Gasteiger partial charge is 0.480 e. The average molecular weight is 413 g/mol. The van der Waals surface area contributed by atoms with Crippen molar-refractivity contribution in [2.24, 2.45) is 17.8 Å². The molecule has 2 aromatic carbocycles. The maximum atomic E-state index is 13.4. The van der Waals surface area contributed by atoms with Crippen molar-refractivity contribution < 1.29 is 28.2 Å². The van der Waals surface area contributed by atoms with Gasteiger partial charge in [0.05, 0.1) is 0 Å². The van der Waals surface area contributed by atoms with Gasteiger partial charge in [-0.1, -0.05) is 48.5 Å². The number of rotatable bonds is 5. The standard InChI is InChI=1S/C23H21F2NO4/c24-23(25)18-9-12(10-19(18)23)20(21(27)28)26-22(29)30-11-17-15-7-3-1-5-13(15)14-6-2-4-8-16(14)17/h1-8,12,17-20H,9-11H2,(H,26,29)(H,27,28). The highest BCUT2D eigenvalue weighted by Gasteiger charge is 2.72. The molecule has 0 aromatic heterocycles. The van der Waals surface area contributed by atoms with Gasteiger partial charge in [0.1, 0.15) is 12.6 Å². The second-order valence-electron chi connectivity index (χ2n) is 8.40. The van der Waals surface area contributed by atoms with Gasteiger partial charge in [0.15, 0.2) is 0 Å². The van der Waals surface area contributed by atoms with E-state index in [2.05, 4.69) is 5.32 Å². The van der Waals surface area contributed by atoms with Crippen LogP contribution < -0.4 is 5.32 Å². The number of carbonyl (C=O) groups is 2. The number of nitrogens with one attached hydrogen (secondary N) is 1. The van der Waals surface area contributed by atoms with Crippen LogP contribution in [-0.2, 0) is 9.53 Å². The Morgan fingerprint density at radius 2 is 1.57 bits per heavy atom. The fourth-order valence-electron chi connectivity index (χ4n) is 5.27. The summed E-state index contributed by atoms with van der Waals surface area (Å²) in [5, 5.41) is 11.9. The number of carboxylic acid groups (broad SMARTS) is 1. The van der Waals surface area contributed by atoms with Crippen molar-refractivity contribution in [3.8, 4) is 11.1 Å². The lowest BCUT2D eigenvalue weighted by molar-refractivity contribution is -0.141. The van der Waals surface area contributed by atoms with Gasteiger partial charge in [-0.2, -0.15) is 0 Å². The first-order chi connectivity index (χ1) is 14.4. The zero-order chi connectivity index (χ0) is 21.0. The summed E-state index contributed by atoms with van der Waals surface area (Å²) >= 11 is 0. The van der Waals surface area contributed by atoms with Crippen molar-refractivity contribution in [2.45, 2.75) is 30.7 Å². The summed E-state index contributed by atoms with van der Waals surface area (Å²) in [6, 6.07) is 14.6. The molecular formula is C23H21F2NO4. The number of hydrogen-bond donors (Lipinski definition) is 2.